The normalized spacial score (nSPS) is 10.6. The molecule has 0 aliphatic rings. The molecule has 0 fully saturated rings. The van der Waals surface area contributed by atoms with Crippen LogP contribution in [0.15, 0.2) is 47.0 Å². The minimum atomic E-state index is -0.675. The molecule has 3 rings (SSSR count). The fraction of sp³-hybridized carbons (Fsp3) is 0.167. The highest BCUT2D eigenvalue weighted by atomic mass is 35.5. The van der Waals surface area contributed by atoms with Crippen molar-refractivity contribution in [3.63, 3.8) is 0 Å². The maximum Gasteiger partial charge on any atom is 0.255 e. The largest absolute Gasteiger partial charge is 0.496 e. The lowest BCUT2D eigenvalue weighted by Gasteiger charge is -2.06. The molecule has 0 saturated heterocycles. The predicted molar refractivity (Wildman–Crippen MR) is 93.7 cm³/mol. The third-order valence-electron chi connectivity index (χ3n) is 3.63. The Morgan fingerprint density at radius 3 is 2.85 bits per heavy atom. The van der Waals surface area contributed by atoms with E-state index in [1.165, 1.54) is 18.2 Å². The van der Waals surface area contributed by atoms with E-state index in [4.69, 9.17) is 20.9 Å². The molecule has 1 aromatic heterocycles. The summed E-state index contributed by atoms with van der Waals surface area (Å²) in [6.07, 6.45) is 0.292. The van der Waals surface area contributed by atoms with E-state index >= 15 is 0 Å². The molecule has 2 aromatic carbocycles. The number of rotatable bonds is 6. The van der Waals surface area contributed by atoms with E-state index in [9.17, 15) is 9.18 Å². The summed E-state index contributed by atoms with van der Waals surface area (Å²) < 4.78 is 24.2. The molecule has 0 radical (unpaired) electrons. The fourth-order valence-corrected chi connectivity index (χ4v) is 2.63. The monoisotopic (exact) mass is 375 g/mol. The van der Waals surface area contributed by atoms with E-state index in [0.717, 1.165) is 0 Å². The molecule has 134 valence electrons. The highest BCUT2D eigenvalue weighted by Crippen LogP contribution is 2.27. The zero-order valence-corrected chi connectivity index (χ0v) is 14.6. The summed E-state index contributed by atoms with van der Waals surface area (Å²) in [5, 5.41) is 6.56. The summed E-state index contributed by atoms with van der Waals surface area (Å²) in [4.78, 5) is 16.4. The number of carbonyl (C=O) groups is 1. The number of benzene rings is 2. The van der Waals surface area contributed by atoms with Crippen molar-refractivity contribution in [3.8, 4) is 17.1 Å². The van der Waals surface area contributed by atoms with Crippen LogP contribution in [0.2, 0.25) is 5.02 Å². The van der Waals surface area contributed by atoms with Gasteiger partial charge in [-0.1, -0.05) is 35.0 Å². The SMILES string of the molecule is COc1ccccc1-c1noc(CCNC(=O)c2c(F)cccc2Cl)n1. The molecule has 0 aliphatic heterocycles. The van der Waals surface area contributed by atoms with Crippen LogP contribution in [0.3, 0.4) is 0 Å². The molecular formula is C18H15ClFN3O3. The van der Waals surface area contributed by atoms with Gasteiger partial charge in [0.15, 0.2) is 0 Å². The first-order valence-corrected chi connectivity index (χ1v) is 8.16. The molecule has 1 amide bonds. The minimum absolute atomic E-state index is 0.0544. The molecule has 3 aromatic rings. The molecule has 0 saturated carbocycles. The van der Waals surface area contributed by atoms with Crippen molar-refractivity contribution in [3.05, 3.63) is 64.8 Å². The molecule has 1 heterocycles. The predicted octanol–water partition coefficient (Wildman–Crippen LogP) is 3.51. The lowest BCUT2D eigenvalue weighted by Crippen LogP contribution is -2.27. The molecule has 1 N–H and O–H groups in total. The van der Waals surface area contributed by atoms with Crippen LogP contribution in [0.25, 0.3) is 11.4 Å². The van der Waals surface area contributed by atoms with Crippen molar-refractivity contribution in [1.29, 1.82) is 0 Å². The first kappa shape index (κ1) is 17.9. The van der Waals surface area contributed by atoms with Crippen molar-refractivity contribution in [2.24, 2.45) is 0 Å². The molecule has 0 spiro atoms. The van der Waals surface area contributed by atoms with E-state index in [2.05, 4.69) is 15.5 Å². The van der Waals surface area contributed by atoms with Gasteiger partial charge in [-0.15, -0.1) is 0 Å². The van der Waals surface area contributed by atoms with Gasteiger partial charge in [0.25, 0.3) is 5.91 Å². The van der Waals surface area contributed by atoms with Crippen LogP contribution in [-0.2, 0) is 6.42 Å². The Hall–Kier alpha value is -2.93. The average Bonchev–Trinajstić information content (AvgIpc) is 3.10. The molecule has 26 heavy (non-hydrogen) atoms. The second kappa shape index (κ2) is 7.97. The molecule has 0 bridgehead atoms. The summed E-state index contributed by atoms with van der Waals surface area (Å²) >= 11 is 5.87. The molecule has 6 nitrogen and oxygen atoms in total. The number of amides is 1. The first-order valence-electron chi connectivity index (χ1n) is 7.78. The topological polar surface area (TPSA) is 77.3 Å². The summed E-state index contributed by atoms with van der Waals surface area (Å²) in [7, 11) is 1.56. The smallest absolute Gasteiger partial charge is 0.255 e. The van der Waals surface area contributed by atoms with E-state index < -0.39 is 11.7 Å². The number of para-hydroxylation sites is 1. The number of ether oxygens (including phenoxy) is 1. The Morgan fingerprint density at radius 1 is 1.27 bits per heavy atom. The van der Waals surface area contributed by atoms with Gasteiger partial charge in [-0.05, 0) is 24.3 Å². The molecular weight excluding hydrogens is 361 g/mol. The number of halogens is 2. The van der Waals surface area contributed by atoms with Crippen molar-refractivity contribution >= 4 is 17.5 Å². The lowest BCUT2D eigenvalue weighted by atomic mass is 10.2. The first-order chi connectivity index (χ1) is 12.6. The highest BCUT2D eigenvalue weighted by molar-refractivity contribution is 6.33. The van der Waals surface area contributed by atoms with Crippen LogP contribution in [0, 0.1) is 5.82 Å². The van der Waals surface area contributed by atoms with E-state index in [1.54, 1.807) is 13.2 Å². The number of aromatic nitrogens is 2. The second-order valence-electron chi connectivity index (χ2n) is 5.31. The minimum Gasteiger partial charge on any atom is -0.496 e. The van der Waals surface area contributed by atoms with Crippen molar-refractivity contribution in [2.45, 2.75) is 6.42 Å². The van der Waals surface area contributed by atoms with E-state index in [0.29, 0.717) is 29.4 Å². The second-order valence-corrected chi connectivity index (χ2v) is 5.72. The molecule has 0 unspecified atom stereocenters. The maximum atomic E-state index is 13.7. The number of hydrogen-bond donors (Lipinski definition) is 1. The summed E-state index contributed by atoms with van der Waals surface area (Å²) in [5.41, 5.74) is 0.515. The van der Waals surface area contributed by atoms with Gasteiger partial charge in [0, 0.05) is 13.0 Å². The Labute approximate surface area is 153 Å². The van der Waals surface area contributed by atoms with Crippen LogP contribution in [0.1, 0.15) is 16.2 Å². The quantitative estimate of drug-likeness (QED) is 0.713. The summed E-state index contributed by atoms with van der Waals surface area (Å²) in [5.74, 6) is 0.0814. The number of hydrogen-bond acceptors (Lipinski definition) is 5. The van der Waals surface area contributed by atoms with Gasteiger partial charge in [0.1, 0.15) is 11.6 Å². The third kappa shape index (κ3) is 3.83. The fourth-order valence-electron chi connectivity index (χ4n) is 2.38. The van der Waals surface area contributed by atoms with Gasteiger partial charge in [-0.2, -0.15) is 4.98 Å². The van der Waals surface area contributed by atoms with Gasteiger partial charge in [0.2, 0.25) is 11.7 Å². The van der Waals surface area contributed by atoms with E-state index in [1.807, 2.05) is 18.2 Å². The van der Waals surface area contributed by atoms with Crippen molar-refractivity contribution < 1.29 is 18.4 Å². The molecule has 0 aliphatic carbocycles. The lowest BCUT2D eigenvalue weighted by molar-refractivity contribution is 0.0949. The number of nitrogens with zero attached hydrogens (tertiary/aromatic N) is 2. The third-order valence-corrected chi connectivity index (χ3v) is 3.95. The van der Waals surface area contributed by atoms with Gasteiger partial charge in [0.05, 0.1) is 23.3 Å². The highest BCUT2D eigenvalue weighted by Gasteiger charge is 2.16. The van der Waals surface area contributed by atoms with Gasteiger partial charge >= 0.3 is 0 Å². The number of nitrogens with one attached hydrogen (secondary N) is 1. The van der Waals surface area contributed by atoms with Crippen molar-refractivity contribution in [2.75, 3.05) is 13.7 Å². The Kier molecular flexibility index (Phi) is 5.48. The standard InChI is InChI=1S/C18H15ClFN3O3/c1-25-14-8-3-2-5-11(14)17-22-15(26-23-17)9-10-21-18(24)16-12(19)6-4-7-13(16)20/h2-8H,9-10H2,1H3,(H,21,24). The molecule has 8 heteroatoms. The van der Waals surface area contributed by atoms with Crippen LogP contribution in [0.5, 0.6) is 5.75 Å². The summed E-state index contributed by atoms with van der Waals surface area (Å²) in [6.45, 7) is 0.192. The van der Waals surface area contributed by atoms with E-state index in [-0.39, 0.29) is 17.1 Å². The van der Waals surface area contributed by atoms with Crippen LogP contribution >= 0.6 is 11.6 Å². The Morgan fingerprint density at radius 2 is 2.08 bits per heavy atom. The van der Waals surface area contributed by atoms with Gasteiger partial charge in [-0.25, -0.2) is 4.39 Å². The molecule has 0 atom stereocenters. The van der Waals surface area contributed by atoms with Crippen LogP contribution in [-0.4, -0.2) is 29.7 Å². The zero-order valence-electron chi connectivity index (χ0n) is 13.8. The van der Waals surface area contributed by atoms with Gasteiger partial charge in [-0.3, -0.25) is 4.79 Å². The van der Waals surface area contributed by atoms with Crippen molar-refractivity contribution in [1.82, 2.24) is 15.5 Å². The van der Waals surface area contributed by atoms with Gasteiger partial charge < -0.3 is 14.6 Å². The van der Waals surface area contributed by atoms with Crippen LogP contribution in [0.4, 0.5) is 4.39 Å². The zero-order chi connectivity index (χ0) is 18.5. The Balaban J connectivity index is 1.63. The number of carbonyl (C=O) groups excluding carboxylic acids is 1. The summed E-state index contributed by atoms with van der Waals surface area (Å²) in [6, 6.07) is 11.4. The van der Waals surface area contributed by atoms with Crippen LogP contribution < -0.4 is 10.1 Å². The maximum absolute atomic E-state index is 13.7. The Bertz CT molecular complexity index is 909. The number of methoxy groups -OCH3 is 1. The average molecular weight is 376 g/mol.